The van der Waals surface area contributed by atoms with Crippen molar-refractivity contribution < 1.29 is 9.47 Å². The van der Waals surface area contributed by atoms with Crippen LogP contribution >= 0.6 is 15.9 Å². The number of nitrogens with one attached hydrogen (secondary N) is 1. The summed E-state index contributed by atoms with van der Waals surface area (Å²) < 4.78 is 12.3. The number of rotatable bonds is 4. The van der Waals surface area contributed by atoms with E-state index < -0.39 is 0 Å². The Morgan fingerprint density at radius 1 is 1.25 bits per heavy atom. The van der Waals surface area contributed by atoms with Crippen LogP contribution in [-0.4, -0.2) is 26.4 Å². The van der Waals surface area contributed by atoms with E-state index in [0.717, 1.165) is 10.2 Å². The molecule has 20 heavy (non-hydrogen) atoms. The van der Waals surface area contributed by atoms with Gasteiger partial charge in [0.2, 0.25) is 0 Å². The Balaban J connectivity index is 2.30. The van der Waals surface area contributed by atoms with E-state index >= 15 is 0 Å². The molecule has 1 aromatic rings. The van der Waals surface area contributed by atoms with Gasteiger partial charge in [-0.05, 0) is 60.4 Å². The summed E-state index contributed by atoms with van der Waals surface area (Å²) in [7, 11) is 3.71. The van der Waals surface area contributed by atoms with Crippen LogP contribution in [0.25, 0.3) is 0 Å². The van der Waals surface area contributed by atoms with Gasteiger partial charge >= 0.3 is 0 Å². The maximum atomic E-state index is 5.99. The molecule has 5 atom stereocenters. The van der Waals surface area contributed by atoms with Crippen molar-refractivity contribution in [2.75, 3.05) is 14.2 Å². The molecule has 0 amide bonds. The topological polar surface area (TPSA) is 30.5 Å². The highest BCUT2D eigenvalue weighted by atomic mass is 79.9. The van der Waals surface area contributed by atoms with Gasteiger partial charge in [0.1, 0.15) is 5.75 Å². The molecule has 2 rings (SSSR count). The van der Waals surface area contributed by atoms with E-state index in [1.807, 2.05) is 13.1 Å². The summed E-state index contributed by atoms with van der Waals surface area (Å²) in [6, 6.07) is 6.57. The van der Waals surface area contributed by atoms with Crippen LogP contribution in [0.2, 0.25) is 0 Å². The average Bonchev–Trinajstić information content (AvgIpc) is 2.66. The number of methoxy groups -OCH3 is 1. The van der Waals surface area contributed by atoms with Crippen molar-refractivity contribution in [3.8, 4) is 5.75 Å². The lowest BCUT2D eigenvalue weighted by Crippen LogP contribution is -2.33. The van der Waals surface area contributed by atoms with Crippen molar-refractivity contribution in [3.63, 3.8) is 0 Å². The Kier molecular flexibility index (Phi) is 5.10. The van der Waals surface area contributed by atoms with Crippen molar-refractivity contribution in [2.45, 2.75) is 39.0 Å². The highest BCUT2D eigenvalue weighted by Gasteiger charge is 2.41. The molecule has 0 aromatic heterocycles. The molecule has 0 radical (unpaired) electrons. The van der Waals surface area contributed by atoms with Crippen molar-refractivity contribution in [1.82, 2.24) is 5.32 Å². The number of benzene rings is 1. The zero-order valence-corrected chi connectivity index (χ0v) is 14.4. The zero-order chi connectivity index (χ0) is 14.9. The average molecular weight is 342 g/mol. The first-order chi connectivity index (χ1) is 9.49. The van der Waals surface area contributed by atoms with Gasteiger partial charge in [-0.1, -0.05) is 13.0 Å². The van der Waals surface area contributed by atoms with Crippen molar-refractivity contribution >= 4 is 15.9 Å². The molecule has 0 saturated carbocycles. The third-order valence-corrected chi connectivity index (χ3v) is 5.17. The number of hydrogen-bond donors (Lipinski definition) is 1. The van der Waals surface area contributed by atoms with E-state index in [1.54, 1.807) is 7.11 Å². The Hall–Kier alpha value is -0.580. The molecule has 0 spiro atoms. The molecule has 0 bridgehead atoms. The van der Waals surface area contributed by atoms with Crippen molar-refractivity contribution in [1.29, 1.82) is 0 Å². The maximum Gasteiger partial charge on any atom is 0.133 e. The molecule has 0 aliphatic carbocycles. The Morgan fingerprint density at radius 3 is 2.40 bits per heavy atom. The van der Waals surface area contributed by atoms with Crippen molar-refractivity contribution in [2.24, 2.45) is 11.8 Å². The van der Waals surface area contributed by atoms with Gasteiger partial charge in [-0.25, -0.2) is 0 Å². The Bertz CT molecular complexity index is 466. The SMILES string of the molecule is CNC(c1ccc(OC)c(Br)c1)C1C(C)OC(C)C1C. The molecular weight excluding hydrogens is 318 g/mol. The molecule has 4 heteroatoms. The van der Waals surface area contributed by atoms with Crippen LogP contribution in [0.4, 0.5) is 0 Å². The summed E-state index contributed by atoms with van der Waals surface area (Å²) in [5.41, 5.74) is 1.27. The number of hydrogen-bond acceptors (Lipinski definition) is 3. The second-order valence-electron chi connectivity index (χ2n) is 5.64. The highest BCUT2D eigenvalue weighted by molar-refractivity contribution is 9.10. The van der Waals surface area contributed by atoms with Crippen LogP contribution in [0.3, 0.4) is 0 Å². The van der Waals surface area contributed by atoms with Gasteiger partial charge < -0.3 is 14.8 Å². The summed E-state index contributed by atoms with van der Waals surface area (Å²) >= 11 is 3.57. The third kappa shape index (κ3) is 2.87. The second-order valence-corrected chi connectivity index (χ2v) is 6.50. The molecule has 1 aliphatic rings. The monoisotopic (exact) mass is 341 g/mol. The van der Waals surface area contributed by atoms with Gasteiger partial charge in [0.05, 0.1) is 23.8 Å². The van der Waals surface area contributed by atoms with Gasteiger partial charge in [-0.15, -0.1) is 0 Å². The minimum absolute atomic E-state index is 0.262. The highest BCUT2D eigenvalue weighted by Crippen LogP contribution is 2.41. The van der Waals surface area contributed by atoms with E-state index in [1.165, 1.54) is 5.56 Å². The molecule has 3 nitrogen and oxygen atoms in total. The molecule has 1 N–H and O–H groups in total. The van der Waals surface area contributed by atoms with Gasteiger partial charge in [0.25, 0.3) is 0 Å². The quantitative estimate of drug-likeness (QED) is 0.903. The van der Waals surface area contributed by atoms with Crippen molar-refractivity contribution in [3.05, 3.63) is 28.2 Å². The summed E-state index contributed by atoms with van der Waals surface area (Å²) in [6.07, 6.45) is 0.575. The first-order valence-corrected chi connectivity index (χ1v) is 7.95. The van der Waals surface area contributed by atoms with E-state index in [4.69, 9.17) is 9.47 Å². The molecule has 112 valence electrons. The van der Waals surface area contributed by atoms with E-state index in [-0.39, 0.29) is 12.1 Å². The molecule has 1 aromatic carbocycles. The summed E-state index contributed by atoms with van der Waals surface area (Å²) in [5, 5.41) is 3.46. The number of ether oxygens (including phenoxy) is 2. The predicted octanol–water partition coefficient (Wildman–Crippen LogP) is 3.78. The second kappa shape index (κ2) is 6.46. The number of halogens is 1. The van der Waals surface area contributed by atoms with Gasteiger partial charge in [0.15, 0.2) is 0 Å². The molecule has 1 aliphatic heterocycles. The van der Waals surface area contributed by atoms with E-state index in [9.17, 15) is 0 Å². The van der Waals surface area contributed by atoms with Crippen LogP contribution in [0.1, 0.15) is 32.4 Å². The lowest BCUT2D eigenvalue weighted by molar-refractivity contribution is 0.0478. The fourth-order valence-corrected chi connectivity index (χ4v) is 3.88. The van der Waals surface area contributed by atoms with Crippen LogP contribution in [0.15, 0.2) is 22.7 Å². The third-order valence-electron chi connectivity index (χ3n) is 4.55. The first kappa shape index (κ1) is 15.8. The fourth-order valence-electron chi connectivity index (χ4n) is 3.33. The maximum absolute atomic E-state index is 5.99. The standard InChI is InChI=1S/C16H24BrNO2/c1-9-10(2)20-11(3)15(9)16(18-4)12-6-7-14(19-5)13(17)8-12/h6-11,15-16,18H,1-5H3. The molecule has 1 fully saturated rings. The van der Waals surface area contributed by atoms with Gasteiger partial charge in [0, 0.05) is 12.0 Å². The van der Waals surface area contributed by atoms with Crippen LogP contribution < -0.4 is 10.1 Å². The van der Waals surface area contributed by atoms with E-state index in [2.05, 4.69) is 54.2 Å². The molecule has 1 saturated heterocycles. The molecule has 5 unspecified atom stereocenters. The Labute approximate surface area is 130 Å². The summed E-state index contributed by atoms with van der Waals surface area (Å²) in [5.74, 6) is 1.86. The smallest absolute Gasteiger partial charge is 0.133 e. The predicted molar refractivity (Wildman–Crippen MR) is 85.2 cm³/mol. The molecule has 1 heterocycles. The fraction of sp³-hybridized carbons (Fsp3) is 0.625. The van der Waals surface area contributed by atoms with Crippen LogP contribution in [-0.2, 0) is 4.74 Å². The minimum atomic E-state index is 0.262. The lowest BCUT2D eigenvalue weighted by atomic mass is 9.80. The minimum Gasteiger partial charge on any atom is -0.496 e. The van der Waals surface area contributed by atoms with Crippen LogP contribution in [0, 0.1) is 11.8 Å². The summed E-state index contributed by atoms with van der Waals surface area (Å²) in [4.78, 5) is 0. The lowest BCUT2D eigenvalue weighted by Gasteiger charge is -2.29. The Morgan fingerprint density at radius 2 is 1.95 bits per heavy atom. The van der Waals surface area contributed by atoms with E-state index in [0.29, 0.717) is 17.9 Å². The normalized spacial score (nSPS) is 31.3. The zero-order valence-electron chi connectivity index (χ0n) is 12.8. The van der Waals surface area contributed by atoms with Crippen LogP contribution in [0.5, 0.6) is 5.75 Å². The summed E-state index contributed by atoms with van der Waals surface area (Å²) in [6.45, 7) is 6.62. The largest absolute Gasteiger partial charge is 0.496 e. The van der Waals surface area contributed by atoms with Gasteiger partial charge in [-0.3, -0.25) is 0 Å². The first-order valence-electron chi connectivity index (χ1n) is 7.15. The van der Waals surface area contributed by atoms with Gasteiger partial charge in [-0.2, -0.15) is 0 Å². The molecular formula is C16H24BrNO2.